The first-order chi connectivity index (χ1) is 12.0. The van der Waals surface area contributed by atoms with E-state index in [0.29, 0.717) is 10.0 Å². The van der Waals surface area contributed by atoms with Gasteiger partial charge in [-0.2, -0.15) is 0 Å². The van der Waals surface area contributed by atoms with Gasteiger partial charge in [0.1, 0.15) is 9.88 Å². The topological polar surface area (TPSA) is 91.3 Å². The molecule has 1 saturated carbocycles. The van der Waals surface area contributed by atoms with Crippen molar-refractivity contribution in [3.8, 4) is 0 Å². The molecule has 0 radical (unpaired) electrons. The summed E-state index contributed by atoms with van der Waals surface area (Å²) >= 11 is 7.08. The zero-order chi connectivity index (χ0) is 18.0. The second-order valence-corrected chi connectivity index (χ2v) is 7.64. The summed E-state index contributed by atoms with van der Waals surface area (Å²) in [4.78, 5) is 28.8. The number of hydrogen-bond acceptors (Lipinski definition) is 5. The summed E-state index contributed by atoms with van der Waals surface area (Å²) in [5.74, 6) is -0.657. The van der Waals surface area contributed by atoms with Crippen molar-refractivity contribution < 1.29 is 14.8 Å². The minimum absolute atomic E-state index is 0.0445. The van der Waals surface area contributed by atoms with Crippen LogP contribution in [-0.2, 0) is 10.2 Å². The van der Waals surface area contributed by atoms with Crippen LogP contribution in [0.3, 0.4) is 0 Å². The molecular formula is C17H18ClN3O3S. The van der Waals surface area contributed by atoms with E-state index >= 15 is 0 Å². The molecule has 3 rings (SSSR count). The Hall–Kier alpha value is -1.96. The Morgan fingerprint density at radius 1 is 1.32 bits per heavy atom. The van der Waals surface area contributed by atoms with Gasteiger partial charge in [0, 0.05) is 5.02 Å². The highest BCUT2D eigenvalue weighted by Gasteiger charge is 2.46. The number of thiazole rings is 1. The number of nitrogens with one attached hydrogen (secondary N) is 2. The number of carbonyl (C=O) groups excluding carboxylic acids is 2. The van der Waals surface area contributed by atoms with E-state index in [9.17, 15) is 9.59 Å². The van der Waals surface area contributed by atoms with E-state index in [0.717, 1.165) is 36.2 Å². The Balaban J connectivity index is 1.75. The molecule has 25 heavy (non-hydrogen) atoms. The number of nitrogens with zero attached hydrogens (tertiary/aromatic N) is 1. The van der Waals surface area contributed by atoms with E-state index in [-0.39, 0.29) is 16.8 Å². The van der Waals surface area contributed by atoms with Crippen molar-refractivity contribution in [3.63, 3.8) is 0 Å². The number of benzene rings is 1. The van der Waals surface area contributed by atoms with Crippen molar-refractivity contribution in [2.24, 2.45) is 0 Å². The molecule has 132 valence electrons. The van der Waals surface area contributed by atoms with Crippen LogP contribution in [0.1, 0.15) is 52.5 Å². The number of carbonyl (C=O) groups is 2. The summed E-state index contributed by atoms with van der Waals surface area (Å²) in [6.07, 6.45) is 3.97. The third-order valence-corrected chi connectivity index (χ3v) is 6.04. The van der Waals surface area contributed by atoms with Crippen LogP contribution in [0.5, 0.6) is 0 Å². The fourth-order valence-electron chi connectivity index (χ4n) is 2.99. The fraction of sp³-hybridized carbons (Fsp3) is 0.353. The number of hydrogen-bond donors (Lipinski definition) is 3. The van der Waals surface area contributed by atoms with Crippen LogP contribution >= 0.6 is 22.9 Å². The summed E-state index contributed by atoms with van der Waals surface area (Å²) < 4.78 is 0. The maximum atomic E-state index is 12.9. The molecule has 1 aliphatic carbocycles. The van der Waals surface area contributed by atoms with E-state index in [4.69, 9.17) is 16.8 Å². The van der Waals surface area contributed by atoms with Crippen LogP contribution in [0.15, 0.2) is 30.5 Å². The third-order valence-electron chi connectivity index (χ3n) is 4.61. The molecule has 1 aromatic heterocycles. The van der Waals surface area contributed by atoms with Gasteiger partial charge in [-0.3, -0.25) is 14.8 Å². The second kappa shape index (κ2) is 7.11. The molecule has 1 unspecified atom stereocenters. The van der Waals surface area contributed by atoms with Gasteiger partial charge in [-0.05, 0) is 37.5 Å². The van der Waals surface area contributed by atoms with Crippen molar-refractivity contribution in [2.75, 3.05) is 0 Å². The second-order valence-electron chi connectivity index (χ2n) is 6.14. The summed E-state index contributed by atoms with van der Waals surface area (Å²) in [5.41, 5.74) is 2.01. The van der Waals surface area contributed by atoms with Crippen LogP contribution < -0.4 is 10.8 Å². The molecule has 1 fully saturated rings. The van der Waals surface area contributed by atoms with E-state index in [1.54, 1.807) is 17.6 Å². The number of amides is 2. The number of aromatic nitrogens is 1. The van der Waals surface area contributed by atoms with Gasteiger partial charge in [0.25, 0.3) is 5.91 Å². The van der Waals surface area contributed by atoms with Crippen molar-refractivity contribution >= 4 is 34.8 Å². The van der Waals surface area contributed by atoms with Crippen LogP contribution in [0.4, 0.5) is 0 Å². The zero-order valence-electron chi connectivity index (χ0n) is 13.6. The molecule has 0 saturated heterocycles. The predicted molar refractivity (Wildman–Crippen MR) is 94.9 cm³/mol. The largest absolute Gasteiger partial charge is 0.346 e. The lowest BCUT2D eigenvalue weighted by Crippen LogP contribution is -2.49. The average Bonchev–Trinajstić information content (AvgIpc) is 3.05. The monoisotopic (exact) mass is 379 g/mol. The molecule has 0 spiro atoms. The first-order valence-corrected chi connectivity index (χ1v) is 9.13. The normalized spacial score (nSPS) is 16.6. The molecular weight excluding hydrogens is 362 g/mol. The zero-order valence-corrected chi connectivity index (χ0v) is 15.2. The molecule has 1 aliphatic rings. The predicted octanol–water partition coefficient (Wildman–Crippen LogP) is 3.21. The van der Waals surface area contributed by atoms with Gasteiger partial charge in [-0.1, -0.05) is 30.2 Å². The van der Waals surface area contributed by atoms with Crippen molar-refractivity contribution in [1.29, 1.82) is 0 Å². The fourth-order valence-corrected chi connectivity index (χ4v) is 3.93. The third kappa shape index (κ3) is 3.40. The molecule has 1 atom stereocenters. The maximum Gasteiger partial charge on any atom is 0.286 e. The van der Waals surface area contributed by atoms with Crippen LogP contribution in [-0.4, -0.2) is 22.0 Å². The highest BCUT2D eigenvalue weighted by atomic mass is 35.5. The number of rotatable bonds is 5. The lowest BCUT2D eigenvalue weighted by atomic mass is 9.63. The van der Waals surface area contributed by atoms with Gasteiger partial charge >= 0.3 is 0 Å². The minimum Gasteiger partial charge on any atom is -0.346 e. The highest BCUT2D eigenvalue weighted by Crippen LogP contribution is 2.44. The Kier molecular flexibility index (Phi) is 5.08. The molecule has 0 aliphatic heterocycles. The van der Waals surface area contributed by atoms with E-state index < -0.39 is 11.3 Å². The number of halogens is 1. The lowest BCUT2D eigenvalue weighted by Gasteiger charge is -2.41. The van der Waals surface area contributed by atoms with E-state index in [1.807, 2.05) is 19.1 Å². The quantitative estimate of drug-likeness (QED) is 0.549. The van der Waals surface area contributed by atoms with Gasteiger partial charge in [0.05, 0.1) is 17.7 Å². The summed E-state index contributed by atoms with van der Waals surface area (Å²) in [6, 6.07) is 7.07. The summed E-state index contributed by atoms with van der Waals surface area (Å²) in [5, 5.41) is 12.9. The first-order valence-electron chi connectivity index (χ1n) is 7.93. The standard InChI is InChI=1S/C17H18ClN3O3S/c1-10(15-19-9-13(25-15)14(22)21-24)20-16(23)17(7-2-8-17)11-3-5-12(18)6-4-11/h3-6,9-10,24H,2,7-8H2,1H3,(H,20,23)(H,21,22). The molecule has 1 heterocycles. The first kappa shape index (κ1) is 17.8. The number of hydroxylamine groups is 1. The Morgan fingerprint density at radius 2 is 2.00 bits per heavy atom. The van der Waals surface area contributed by atoms with Gasteiger partial charge in [0.2, 0.25) is 5.91 Å². The highest BCUT2D eigenvalue weighted by molar-refractivity contribution is 7.13. The van der Waals surface area contributed by atoms with Crippen molar-refractivity contribution in [1.82, 2.24) is 15.8 Å². The molecule has 6 nitrogen and oxygen atoms in total. The molecule has 1 aromatic carbocycles. The Morgan fingerprint density at radius 3 is 2.56 bits per heavy atom. The van der Waals surface area contributed by atoms with Crippen LogP contribution in [0.25, 0.3) is 0 Å². The molecule has 0 bridgehead atoms. The average molecular weight is 380 g/mol. The minimum atomic E-state index is -0.612. The van der Waals surface area contributed by atoms with Gasteiger partial charge in [-0.15, -0.1) is 11.3 Å². The maximum absolute atomic E-state index is 12.9. The molecule has 3 N–H and O–H groups in total. The van der Waals surface area contributed by atoms with Gasteiger partial charge in [-0.25, -0.2) is 10.5 Å². The molecule has 2 aromatic rings. The smallest absolute Gasteiger partial charge is 0.286 e. The van der Waals surface area contributed by atoms with Crippen LogP contribution in [0.2, 0.25) is 5.02 Å². The SMILES string of the molecule is CC(NC(=O)C1(c2ccc(Cl)cc2)CCC1)c1ncc(C(=O)NO)s1. The lowest BCUT2D eigenvalue weighted by molar-refractivity contribution is -0.130. The summed E-state index contributed by atoms with van der Waals surface area (Å²) in [7, 11) is 0. The Labute approximate surface area is 154 Å². The van der Waals surface area contributed by atoms with Crippen molar-refractivity contribution in [2.45, 2.75) is 37.6 Å². The van der Waals surface area contributed by atoms with Gasteiger partial charge < -0.3 is 5.32 Å². The van der Waals surface area contributed by atoms with Crippen molar-refractivity contribution in [3.05, 3.63) is 50.9 Å². The summed E-state index contributed by atoms with van der Waals surface area (Å²) in [6.45, 7) is 1.82. The van der Waals surface area contributed by atoms with E-state index in [1.165, 1.54) is 6.20 Å². The molecule has 8 heteroatoms. The van der Waals surface area contributed by atoms with Crippen LogP contribution in [0, 0.1) is 0 Å². The van der Waals surface area contributed by atoms with E-state index in [2.05, 4.69) is 10.3 Å². The molecule has 2 amide bonds. The van der Waals surface area contributed by atoms with Gasteiger partial charge in [0.15, 0.2) is 0 Å². The Bertz CT molecular complexity index is 787.